The van der Waals surface area contributed by atoms with Crippen molar-refractivity contribution in [3.8, 4) is 0 Å². The van der Waals surface area contributed by atoms with Crippen LogP contribution in [0.5, 0.6) is 0 Å². The lowest BCUT2D eigenvalue weighted by Crippen LogP contribution is -2.54. The number of nitrogens with one attached hydrogen (secondary N) is 1. The topological polar surface area (TPSA) is 38.3 Å². The molecule has 1 fully saturated rings. The highest BCUT2D eigenvalue weighted by Crippen LogP contribution is 2.32. The predicted octanol–water partition coefficient (Wildman–Crippen LogP) is 3.17. The van der Waals surface area contributed by atoms with Gasteiger partial charge in [-0.2, -0.15) is 0 Å². The summed E-state index contributed by atoms with van der Waals surface area (Å²) in [4.78, 5) is 12.5. The van der Waals surface area contributed by atoms with E-state index in [1.54, 1.807) is 0 Å². The van der Waals surface area contributed by atoms with Crippen LogP contribution in [-0.4, -0.2) is 19.1 Å². The van der Waals surface area contributed by atoms with Crippen LogP contribution >= 0.6 is 0 Å². The van der Waals surface area contributed by atoms with Gasteiger partial charge in [0.1, 0.15) is 0 Å². The molecule has 0 spiro atoms. The second-order valence-corrected chi connectivity index (χ2v) is 6.56. The average Bonchev–Trinajstić information content (AvgIpc) is 2.46. The van der Waals surface area contributed by atoms with Crippen molar-refractivity contribution in [2.45, 2.75) is 52.0 Å². The summed E-state index contributed by atoms with van der Waals surface area (Å²) in [6, 6.07) is 6.77. The number of ether oxygens (including phenoxy) is 1. The molecule has 0 bridgehead atoms. The van der Waals surface area contributed by atoms with Gasteiger partial charge in [0.25, 0.3) is 0 Å². The zero-order valence-electron chi connectivity index (χ0n) is 13.1. The summed E-state index contributed by atoms with van der Waals surface area (Å²) in [6.07, 6.45) is 5.81. The van der Waals surface area contributed by atoms with Crippen molar-refractivity contribution >= 4 is 5.91 Å². The maximum atomic E-state index is 12.5. The number of hydrogen-bond donors (Lipinski definition) is 1. The Hall–Kier alpha value is -1.35. The minimum atomic E-state index is -0.289. The fraction of sp³-hybridized carbons (Fsp3) is 0.611. The van der Waals surface area contributed by atoms with E-state index < -0.39 is 0 Å². The van der Waals surface area contributed by atoms with Gasteiger partial charge in [-0.15, -0.1) is 0 Å². The van der Waals surface area contributed by atoms with E-state index in [-0.39, 0.29) is 17.4 Å². The molecule has 3 heteroatoms. The highest BCUT2D eigenvalue weighted by Gasteiger charge is 2.44. The predicted molar refractivity (Wildman–Crippen MR) is 83.2 cm³/mol. The molecule has 1 aromatic rings. The van der Waals surface area contributed by atoms with Gasteiger partial charge in [-0.05, 0) is 55.7 Å². The maximum Gasteiger partial charge on any atom is 0.231 e. The Labute approximate surface area is 127 Å². The molecule has 1 amide bonds. The summed E-state index contributed by atoms with van der Waals surface area (Å²) in [5.74, 6) is 0.140. The van der Waals surface area contributed by atoms with Crippen LogP contribution in [-0.2, 0) is 22.4 Å². The molecule has 1 unspecified atom stereocenters. The fourth-order valence-electron chi connectivity index (χ4n) is 3.30. The van der Waals surface area contributed by atoms with Crippen LogP contribution in [0.2, 0.25) is 0 Å². The van der Waals surface area contributed by atoms with Gasteiger partial charge < -0.3 is 10.1 Å². The van der Waals surface area contributed by atoms with Gasteiger partial charge in [0, 0.05) is 0 Å². The quantitative estimate of drug-likeness (QED) is 0.923. The summed E-state index contributed by atoms with van der Waals surface area (Å²) in [5, 5.41) is 3.18. The van der Waals surface area contributed by atoms with Gasteiger partial charge in [0.2, 0.25) is 5.91 Å². The first-order chi connectivity index (χ1) is 10.1. The Balaban J connectivity index is 1.70. The standard InChI is InChI=1S/C18H25NO2/c1-3-18(11-21-12-18)17(20)19-13(2)15-9-8-14-6-4-5-7-16(14)10-15/h8-10,13H,3-7,11-12H2,1-2H3,(H,19,20). The molecular formula is C18H25NO2. The van der Waals surface area contributed by atoms with Gasteiger partial charge in [0.15, 0.2) is 0 Å². The zero-order chi connectivity index (χ0) is 14.9. The van der Waals surface area contributed by atoms with Crippen LogP contribution in [0.15, 0.2) is 18.2 Å². The van der Waals surface area contributed by atoms with E-state index in [9.17, 15) is 4.79 Å². The minimum absolute atomic E-state index is 0.0637. The second-order valence-electron chi connectivity index (χ2n) is 6.56. The molecule has 3 nitrogen and oxygen atoms in total. The Kier molecular flexibility index (Phi) is 4.03. The summed E-state index contributed by atoms with van der Waals surface area (Å²) in [6.45, 7) is 5.26. The molecule has 2 aliphatic rings. The Bertz CT molecular complexity index is 529. The first-order valence-corrected chi connectivity index (χ1v) is 8.15. The molecule has 0 radical (unpaired) electrons. The van der Waals surface area contributed by atoms with Crippen LogP contribution in [0.4, 0.5) is 0 Å². The number of benzene rings is 1. The van der Waals surface area contributed by atoms with E-state index in [0.717, 1.165) is 6.42 Å². The number of rotatable bonds is 4. The number of fused-ring (bicyclic) bond motifs is 1. The van der Waals surface area contributed by atoms with Crippen LogP contribution in [0, 0.1) is 5.41 Å². The van der Waals surface area contributed by atoms with E-state index in [0.29, 0.717) is 13.2 Å². The molecule has 1 saturated heterocycles. The van der Waals surface area contributed by atoms with Crippen molar-refractivity contribution in [2.75, 3.05) is 13.2 Å². The van der Waals surface area contributed by atoms with E-state index in [4.69, 9.17) is 4.74 Å². The van der Waals surface area contributed by atoms with Crippen molar-refractivity contribution in [1.29, 1.82) is 0 Å². The third-order valence-corrected chi connectivity index (χ3v) is 5.14. The SMILES string of the molecule is CCC1(C(=O)NC(C)c2ccc3c(c2)CCCC3)COC1. The highest BCUT2D eigenvalue weighted by molar-refractivity contribution is 5.84. The van der Waals surface area contributed by atoms with Crippen LogP contribution in [0.3, 0.4) is 0 Å². The molecule has 1 atom stereocenters. The Morgan fingerprint density at radius 2 is 2.00 bits per heavy atom. The van der Waals surface area contributed by atoms with Gasteiger partial charge in [-0.3, -0.25) is 4.79 Å². The van der Waals surface area contributed by atoms with Crippen molar-refractivity contribution in [1.82, 2.24) is 5.32 Å². The third-order valence-electron chi connectivity index (χ3n) is 5.14. The molecule has 1 aliphatic carbocycles. The van der Waals surface area contributed by atoms with E-state index in [2.05, 4.69) is 37.4 Å². The molecule has 0 aromatic heterocycles. The highest BCUT2D eigenvalue weighted by atomic mass is 16.5. The minimum Gasteiger partial charge on any atom is -0.379 e. The van der Waals surface area contributed by atoms with Crippen molar-refractivity contribution in [3.63, 3.8) is 0 Å². The second kappa shape index (κ2) is 5.80. The monoisotopic (exact) mass is 287 g/mol. The lowest BCUT2D eigenvalue weighted by atomic mass is 9.81. The van der Waals surface area contributed by atoms with Gasteiger partial charge in [-0.1, -0.05) is 25.1 Å². The van der Waals surface area contributed by atoms with Crippen molar-refractivity contribution in [3.05, 3.63) is 34.9 Å². The molecule has 1 N–H and O–H groups in total. The first-order valence-electron chi connectivity index (χ1n) is 8.15. The molecule has 1 heterocycles. The summed E-state index contributed by atoms with van der Waals surface area (Å²) in [7, 11) is 0. The average molecular weight is 287 g/mol. The van der Waals surface area contributed by atoms with E-state index in [1.807, 2.05) is 0 Å². The molecule has 21 heavy (non-hydrogen) atoms. The smallest absolute Gasteiger partial charge is 0.231 e. The first kappa shape index (κ1) is 14.6. The molecular weight excluding hydrogens is 262 g/mol. The molecule has 1 aliphatic heterocycles. The van der Waals surface area contributed by atoms with Crippen LogP contribution in [0.1, 0.15) is 55.8 Å². The molecule has 114 valence electrons. The van der Waals surface area contributed by atoms with Gasteiger partial charge in [0.05, 0.1) is 24.7 Å². The number of hydrogen-bond acceptors (Lipinski definition) is 2. The number of carbonyl (C=O) groups is 1. The summed E-state index contributed by atoms with van der Waals surface area (Å²) < 4.78 is 5.25. The van der Waals surface area contributed by atoms with Gasteiger partial charge in [-0.25, -0.2) is 0 Å². The van der Waals surface area contributed by atoms with Crippen molar-refractivity contribution < 1.29 is 9.53 Å². The third kappa shape index (κ3) is 2.71. The Morgan fingerprint density at radius 1 is 1.29 bits per heavy atom. The lowest BCUT2D eigenvalue weighted by Gasteiger charge is -2.39. The van der Waals surface area contributed by atoms with Crippen LogP contribution in [0.25, 0.3) is 0 Å². The van der Waals surface area contributed by atoms with E-state index >= 15 is 0 Å². The molecule has 1 aromatic carbocycles. The van der Waals surface area contributed by atoms with Crippen LogP contribution < -0.4 is 5.32 Å². The Morgan fingerprint density at radius 3 is 2.62 bits per heavy atom. The summed E-state index contributed by atoms with van der Waals surface area (Å²) >= 11 is 0. The number of amides is 1. The zero-order valence-corrected chi connectivity index (χ0v) is 13.1. The summed E-state index contributed by atoms with van der Waals surface area (Å²) in [5.41, 5.74) is 3.89. The van der Waals surface area contributed by atoms with Gasteiger partial charge >= 0.3 is 0 Å². The van der Waals surface area contributed by atoms with Crippen molar-refractivity contribution in [2.24, 2.45) is 5.41 Å². The fourth-order valence-corrected chi connectivity index (χ4v) is 3.30. The number of carbonyl (C=O) groups excluding carboxylic acids is 1. The molecule has 3 rings (SSSR count). The normalized spacial score (nSPS) is 21.0. The van der Waals surface area contributed by atoms with E-state index in [1.165, 1.54) is 42.4 Å². The molecule has 0 saturated carbocycles. The lowest BCUT2D eigenvalue weighted by molar-refractivity contribution is -0.163. The largest absolute Gasteiger partial charge is 0.379 e. The maximum absolute atomic E-state index is 12.5. The number of aryl methyl sites for hydroxylation is 2.